The molecule has 9 heteroatoms. The Morgan fingerprint density at radius 3 is 2.61 bits per heavy atom. The van der Waals surface area contributed by atoms with E-state index >= 15 is 0 Å². The van der Waals surface area contributed by atoms with E-state index in [9.17, 15) is 14.0 Å². The van der Waals surface area contributed by atoms with Gasteiger partial charge in [-0.25, -0.2) is 9.37 Å². The smallest absolute Gasteiger partial charge is 0.250 e. The van der Waals surface area contributed by atoms with Crippen molar-refractivity contribution >= 4 is 22.8 Å². The van der Waals surface area contributed by atoms with Gasteiger partial charge in [-0.1, -0.05) is 12.1 Å². The number of nitrogens with one attached hydrogen (secondary N) is 4. The van der Waals surface area contributed by atoms with Crippen molar-refractivity contribution in [3.05, 3.63) is 82.7 Å². The number of fused-ring (bicyclic) bond motifs is 1. The van der Waals surface area contributed by atoms with Crippen LogP contribution in [-0.2, 0) is 11.3 Å². The topological polar surface area (TPSA) is 106 Å². The lowest BCUT2D eigenvalue weighted by Crippen LogP contribution is -2.55. The fraction of sp³-hybridized carbons (Fsp3) is 0.345. The van der Waals surface area contributed by atoms with E-state index in [0.29, 0.717) is 5.82 Å². The highest BCUT2D eigenvalue weighted by molar-refractivity contribution is 5.93. The zero-order chi connectivity index (χ0) is 26.1. The van der Waals surface area contributed by atoms with Crippen LogP contribution in [0.1, 0.15) is 31.2 Å². The summed E-state index contributed by atoms with van der Waals surface area (Å²) in [6.07, 6.45) is 7.24. The molecule has 0 radical (unpaired) electrons. The van der Waals surface area contributed by atoms with E-state index in [1.807, 2.05) is 24.4 Å². The second-order valence-corrected chi connectivity index (χ2v) is 10.5. The second kappa shape index (κ2) is 10.4. The van der Waals surface area contributed by atoms with Gasteiger partial charge >= 0.3 is 0 Å². The molecule has 2 aliphatic rings. The summed E-state index contributed by atoms with van der Waals surface area (Å²) >= 11 is 0. The fourth-order valence-corrected chi connectivity index (χ4v) is 5.61. The number of carbonyl (C=O) groups excluding carboxylic acids is 1. The molecule has 2 fully saturated rings. The molecule has 4 N–H and O–H groups in total. The van der Waals surface area contributed by atoms with Gasteiger partial charge < -0.3 is 20.6 Å². The summed E-state index contributed by atoms with van der Waals surface area (Å²) in [5.41, 5.74) is 3.48. The van der Waals surface area contributed by atoms with E-state index in [1.54, 1.807) is 24.4 Å². The largest absolute Gasteiger partial charge is 0.369 e. The van der Waals surface area contributed by atoms with Crippen LogP contribution in [0.5, 0.6) is 0 Å². The number of halogens is 1. The summed E-state index contributed by atoms with van der Waals surface area (Å²) < 4.78 is 13.1. The number of hydrogen-bond acceptors (Lipinski definition) is 5. The van der Waals surface area contributed by atoms with Crippen molar-refractivity contribution in [1.82, 2.24) is 25.2 Å². The number of aromatic nitrogens is 3. The van der Waals surface area contributed by atoms with Gasteiger partial charge in [0.1, 0.15) is 17.3 Å². The predicted octanol–water partition coefficient (Wildman–Crippen LogP) is 4.03. The van der Waals surface area contributed by atoms with Gasteiger partial charge in [-0.05, 0) is 67.1 Å². The second-order valence-electron chi connectivity index (χ2n) is 10.5. The zero-order valence-corrected chi connectivity index (χ0v) is 21.0. The van der Waals surface area contributed by atoms with Crippen LogP contribution in [-0.4, -0.2) is 50.9 Å². The maximum atomic E-state index is 13.1. The normalized spacial score (nSPS) is 20.2. The minimum atomic E-state index is -0.232. The Bertz CT molecular complexity index is 1480. The lowest BCUT2D eigenvalue weighted by atomic mass is 9.90. The average Bonchev–Trinajstić information content (AvgIpc) is 3.32. The minimum absolute atomic E-state index is 0.0128. The molecule has 1 aromatic carbocycles. The molecule has 196 valence electrons. The molecule has 0 spiro atoms. The predicted molar refractivity (Wildman–Crippen MR) is 145 cm³/mol. The Labute approximate surface area is 219 Å². The molecule has 4 aromatic rings. The molecular formula is C29H31FN6O2. The van der Waals surface area contributed by atoms with Crippen molar-refractivity contribution in [1.29, 1.82) is 0 Å². The molecule has 4 heterocycles. The summed E-state index contributed by atoms with van der Waals surface area (Å²) in [7, 11) is 0. The van der Waals surface area contributed by atoms with Gasteiger partial charge in [-0.15, -0.1) is 0 Å². The van der Waals surface area contributed by atoms with Crippen molar-refractivity contribution in [2.24, 2.45) is 5.92 Å². The first kappa shape index (κ1) is 24.4. The van der Waals surface area contributed by atoms with Gasteiger partial charge in [-0.3, -0.25) is 14.5 Å². The zero-order valence-electron chi connectivity index (χ0n) is 21.0. The molecule has 8 nitrogen and oxygen atoms in total. The highest BCUT2D eigenvalue weighted by atomic mass is 19.1. The van der Waals surface area contributed by atoms with E-state index in [1.165, 1.54) is 12.1 Å². The molecule has 1 amide bonds. The summed E-state index contributed by atoms with van der Waals surface area (Å²) in [5, 5.41) is 7.72. The van der Waals surface area contributed by atoms with Crippen LogP contribution < -0.4 is 16.2 Å². The molecule has 1 aliphatic heterocycles. The number of likely N-dealkylation sites (tertiary alicyclic amines) is 1. The molecule has 1 aliphatic carbocycles. The Morgan fingerprint density at radius 1 is 1.05 bits per heavy atom. The number of anilines is 1. The average molecular weight is 515 g/mol. The molecule has 6 rings (SSSR count). The van der Waals surface area contributed by atoms with Crippen LogP contribution in [0.3, 0.4) is 0 Å². The van der Waals surface area contributed by atoms with Crippen LogP contribution in [0.2, 0.25) is 0 Å². The molecule has 1 saturated heterocycles. The third kappa shape index (κ3) is 5.33. The van der Waals surface area contributed by atoms with Crippen molar-refractivity contribution < 1.29 is 9.18 Å². The van der Waals surface area contributed by atoms with Crippen molar-refractivity contribution in [2.45, 2.75) is 44.3 Å². The van der Waals surface area contributed by atoms with Gasteiger partial charge in [-0.2, -0.15) is 0 Å². The number of nitrogens with zero attached hydrogens (tertiary/aromatic N) is 2. The number of rotatable bonds is 7. The van der Waals surface area contributed by atoms with Crippen LogP contribution in [0.25, 0.3) is 22.2 Å². The molecule has 3 aromatic heterocycles. The van der Waals surface area contributed by atoms with E-state index < -0.39 is 0 Å². The van der Waals surface area contributed by atoms with Crippen molar-refractivity contribution in [3.63, 3.8) is 0 Å². The van der Waals surface area contributed by atoms with Gasteiger partial charge in [0, 0.05) is 61.1 Å². The highest BCUT2D eigenvalue weighted by Crippen LogP contribution is 2.29. The maximum absolute atomic E-state index is 13.1. The standard InChI is InChI=1S/C29H31FN6O2/c30-21-5-3-18(4-6-21)15-36-16-20(17-36)29(38)34-23-9-7-22(8-10-23)33-26-12-19(13-27(37)35-26)25-14-32-28-24(25)2-1-11-31-28/h1-6,11-14,20,22-23H,7-10,15-17H2,(H,31,32)(H,34,38)(H2,33,35,37)/t22-,23-. The molecule has 0 bridgehead atoms. The summed E-state index contributed by atoms with van der Waals surface area (Å²) in [4.78, 5) is 37.8. The molecular weight excluding hydrogens is 483 g/mol. The molecule has 0 atom stereocenters. The third-order valence-corrected chi connectivity index (χ3v) is 7.69. The van der Waals surface area contributed by atoms with Gasteiger partial charge in [0.15, 0.2) is 0 Å². The monoisotopic (exact) mass is 514 g/mol. The summed E-state index contributed by atoms with van der Waals surface area (Å²) in [6.45, 7) is 2.20. The number of amides is 1. The Morgan fingerprint density at radius 2 is 1.82 bits per heavy atom. The molecule has 1 saturated carbocycles. The van der Waals surface area contributed by atoms with Gasteiger partial charge in [0.25, 0.3) is 0 Å². The quantitative estimate of drug-likeness (QED) is 0.298. The van der Waals surface area contributed by atoms with Gasteiger partial charge in [0.05, 0.1) is 5.92 Å². The Hall–Kier alpha value is -3.98. The van der Waals surface area contributed by atoms with Crippen LogP contribution >= 0.6 is 0 Å². The van der Waals surface area contributed by atoms with E-state index in [4.69, 9.17) is 0 Å². The first-order chi connectivity index (χ1) is 18.5. The van der Waals surface area contributed by atoms with Crippen LogP contribution in [0.15, 0.2) is 65.7 Å². The number of H-pyrrole nitrogens is 2. The Balaban J connectivity index is 0.987. The third-order valence-electron chi connectivity index (χ3n) is 7.69. The summed E-state index contributed by atoms with van der Waals surface area (Å²) in [6, 6.07) is 14.4. The number of aromatic amines is 2. The van der Waals surface area contributed by atoms with Gasteiger partial charge in [0.2, 0.25) is 11.5 Å². The minimum Gasteiger partial charge on any atom is -0.369 e. The molecule has 0 unspecified atom stereocenters. The van der Waals surface area contributed by atoms with E-state index in [2.05, 4.69) is 30.5 Å². The lowest BCUT2D eigenvalue weighted by Gasteiger charge is -2.39. The highest BCUT2D eigenvalue weighted by Gasteiger charge is 2.34. The first-order valence-electron chi connectivity index (χ1n) is 13.2. The van der Waals surface area contributed by atoms with E-state index in [0.717, 1.165) is 73.0 Å². The number of benzene rings is 1. The first-order valence-corrected chi connectivity index (χ1v) is 13.2. The maximum Gasteiger partial charge on any atom is 0.250 e. The van der Waals surface area contributed by atoms with E-state index in [-0.39, 0.29) is 35.3 Å². The molecule has 38 heavy (non-hydrogen) atoms. The van der Waals surface area contributed by atoms with Crippen LogP contribution in [0, 0.1) is 11.7 Å². The SMILES string of the molecule is O=C(N[C@H]1CC[C@H](Nc2cc(-c3c[nH]c4ncccc34)cc(=O)[nH]2)CC1)C1CN(Cc2ccc(F)cc2)C1. The number of pyridine rings is 2. The lowest BCUT2D eigenvalue weighted by molar-refractivity contribution is -0.131. The Kier molecular flexibility index (Phi) is 6.68. The number of carbonyl (C=O) groups is 1. The summed E-state index contributed by atoms with van der Waals surface area (Å²) in [5.74, 6) is 0.610. The van der Waals surface area contributed by atoms with Crippen LogP contribution in [0.4, 0.5) is 10.2 Å². The van der Waals surface area contributed by atoms with Crippen molar-refractivity contribution in [2.75, 3.05) is 18.4 Å². The van der Waals surface area contributed by atoms with Crippen molar-refractivity contribution in [3.8, 4) is 11.1 Å². The fourth-order valence-electron chi connectivity index (χ4n) is 5.61. The number of hydrogen-bond donors (Lipinski definition) is 4.